The summed E-state index contributed by atoms with van der Waals surface area (Å²) in [5, 5.41) is 5.82. The number of rotatable bonds is 7. The lowest BCUT2D eigenvalue weighted by Gasteiger charge is -2.14. The van der Waals surface area contributed by atoms with E-state index in [2.05, 4.69) is 20.6 Å². The monoisotopic (exact) mass is 331 g/mol. The van der Waals surface area contributed by atoms with Crippen LogP contribution in [0, 0.1) is 12.7 Å². The molecule has 0 radical (unpaired) electrons. The van der Waals surface area contributed by atoms with E-state index in [9.17, 15) is 9.18 Å². The molecule has 0 fully saturated rings. The topological polar surface area (TPSA) is 70.2 Å². The van der Waals surface area contributed by atoms with Crippen molar-refractivity contribution in [2.24, 2.45) is 0 Å². The minimum atomic E-state index is -0.366. The summed E-state index contributed by atoms with van der Waals surface area (Å²) in [4.78, 5) is 22.4. The summed E-state index contributed by atoms with van der Waals surface area (Å²) in [6, 6.07) is 8.16. The van der Waals surface area contributed by atoms with Crippen molar-refractivity contribution in [2.75, 3.05) is 37.4 Å². The number of carbonyl (C=O) groups excluding carboxylic acids is 1. The Labute approximate surface area is 141 Å². The van der Waals surface area contributed by atoms with Gasteiger partial charge in [0.05, 0.1) is 6.42 Å². The van der Waals surface area contributed by atoms with Crippen molar-refractivity contribution in [2.45, 2.75) is 13.3 Å². The molecule has 0 saturated carbocycles. The van der Waals surface area contributed by atoms with E-state index in [1.165, 1.54) is 6.07 Å². The molecule has 2 aromatic rings. The molecule has 1 amide bonds. The molecule has 0 aliphatic rings. The fourth-order valence-electron chi connectivity index (χ4n) is 2.11. The predicted molar refractivity (Wildman–Crippen MR) is 92.7 cm³/mol. The summed E-state index contributed by atoms with van der Waals surface area (Å²) in [6.07, 6.45) is 0.0262. The number of hydrogen-bond acceptors (Lipinski definition) is 5. The Balaban J connectivity index is 1.79. The van der Waals surface area contributed by atoms with E-state index in [1.54, 1.807) is 18.2 Å². The van der Waals surface area contributed by atoms with Gasteiger partial charge in [-0.05, 0) is 18.6 Å². The molecule has 2 N–H and O–H groups in total. The summed E-state index contributed by atoms with van der Waals surface area (Å²) in [6.45, 7) is 2.79. The van der Waals surface area contributed by atoms with Crippen molar-refractivity contribution in [1.29, 1.82) is 0 Å². The third-order valence-corrected chi connectivity index (χ3v) is 3.34. The Morgan fingerprint density at radius 3 is 2.67 bits per heavy atom. The van der Waals surface area contributed by atoms with Crippen LogP contribution < -0.4 is 15.5 Å². The van der Waals surface area contributed by atoms with Crippen LogP contribution in [0.3, 0.4) is 0 Å². The fraction of sp³-hybridized carbons (Fsp3) is 0.353. The average molecular weight is 331 g/mol. The Morgan fingerprint density at radius 2 is 1.96 bits per heavy atom. The molecule has 0 atom stereocenters. The second kappa shape index (κ2) is 8.24. The minimum Gasteiger partial charge on any atom is -0.363 e. The highest BCUT2D eigenvalue weighted by atomic mass is 19.1. The van der Waals surface area contributed by atoms with Gasteiger partial charge >= 0.3 is 0 Å². The van der Waals surface area contributed by atoms with Crippen molar-refractivity contribution < 1.29 is 9.18 Å². The number of benzene rings is 1. The first-order valence-electron chi connectivity index (χ1n) is 7.72. The zero-order chi connectivity index (χ0) is 17.5. The lowest BCUT2D eigenvalue weighted by Crippen LogP contribution is -2.30. The van der Waals surface area contributed by atoms with Crippen molar-refractivity contribution in [1.82, 2.24) is 15.3 Å². The maximum absolute atomic E-state index is 13.5. The van der Waals surface area contributed by atoms with Gasteiger partial charge in [-0.3, -0.25) is 4.79 Å². The smallest absolute Gasteiger partial charge is 0.224 e. The highest BCUT2D eigenvalue weighted by molar-refractivity contribution is 5.78. The minimum absolute atomic E-state index is 0.0262. The van der Waals surface area contributed by atoms with E-state index >= 15 is 0 Å². The summed E-state index contributed by atoms with van der Waals surface area (Å²) in [5.74, 6) is 0.742. The van der Waals surface area contributed by atoms with Crippen molar-refractivity contribution in [3.8, 4) is 0 Å². The molecule has 0 bridgehead atoms. The van der Waals surface area contributed by atoms with E-state index in [0.29, 0.717) is 24.6 Å². The van der Waals surface area contributed by atoms with Crippen LogP contribution in [-0.2, 0) is 11.2 Å². The molecular formula is C17H22FN5O. The van der Waals surface area contributed by atoms with Gasteiger partial charge in [-0.1, -0.05) is 18.2 Å². The van der Waals surface area contributed by atoms with Crippen LogP contribution in [-0.4, -0.2) is 43.1 Å². The molecular weight excluding hydrogens is 309 g/mol. The largest absolute Gasteiger partial charge is 0.363 e. The van der Waals surface area contributed by atoms with Crippen LogP contribution in [0.15, 0.2) is 30.3 Å². The molecule has 0 spiro atoms. The highest BCUT2D eigenvalue weighted by Crippen LogP contribution is 2.11. The third-order valence-electron chi connectivity index (χ3n) is 3.34. The number of aromatic nitrogens is 2. The van der Waals surface area contributed by atoms with Gasteiger partial charge in [0.25, 0.3) is 0 Å². The molecule has 0 unspecified atom stereocenters. The molecule has 0 aliphatic heterocycles. The molecule has 24 heavy (non-hydrogen) atoms. The van der Waals surface area contributed by atoms with Crippen molar-refractivity contribution in [3.05, 3.63) is 47.4 Å². The summed E-state index contributed by atoms with van der Waals surface area (Å²) < 4.78 is 13.5. The van der Waals surface area contributed by atoms with E-state index in [4.69, 9.17) is 0 Å². The third kappa shape index (κ3) is 5.19. The van der Waals surface area contributed by atoms with E-state index in [-0.39, 0.29) is 18.1 Å². The second-order valence-corrected chi connectivity index (χ2v) is 5.63. The first-order chi connectivity index (χ1) is 11.5. The molecule has 0 aliphatic carbocycles. The van der Waals surface area contributed by atoms with Crippen LogP contribution in [0.25, 0.3) is 0 Å². The first kappa shape index (κ1) is 17.7. The SMILES string of the molecule is Cc1cc(N(C)C)nc(NCCNC(=O)Cc2ccccc2F)n1. The molecule has 6 nitrogen and oxygen atoms in total. The number of carbonyl (C=O) groups is 1. The van der Waals surface area contributed by atoms with Gasteiger partial charge < -0.3 is 15.5 Å². The number of hydrogen-bond donors (Lipinski definition) is 2. The number of nitrogens with zero attached hydrogens (tertiary/aromatic N) is 3. The van der Waals surface area contributed by atoms with Gasteiger partial charge in [-0.25, -0.2) is 9.37 Å². The van der Waals surface area contributed by atoms with Crippen LogP contribution in [0.1, 0.15) is 11.3 Å². The van der Waals surface area contributed by atoms with Crippen molar-refractivity contribution in [3.63, 3.8) is 0 Å². The number of halogens is 1. The summed E-state index contributed by atoms with van der Waals surface area (Å²) in [5.41, 5.74) is 1.25. The number of anilines is 2. The Morgan fingerprint density at radius 1 is 1.21 bits per heavy atom. The molecule has 1 heterocycles. The van der Waals surface area contributed by atoms with Crippen LogP contribution in [0.5, 0.6) is 0 Å². The van der Waals surface area contributed by atoms with E-state index in [1.807, 2.05) is 32.0 Å². The summed E-state index contributed by atoms with van der Waals surface area (Å²) >= 11 is 0. The standard InChI is InChI=1S/C17H22FN5O/c1-12-10-15(23(2)3)22-17(21-12)20-9-8-19-16(24)11-13-6-4-5-7-14(13)18/h4-7,10H,8-9,11H2,1-3H3,(H,19,24)(H,20,21,22). The van der Waals surface area contributed by atoms with Crippen LogP contribution >= 0.6 is 0 Å². The predicted octanol–water partition coefficient (Wildman–Crippen LogP) is 1.76. The maximum Gasteiger partial charge on any atom is 0.224 e. The summed E-state index contributed by atoms with van der Waals surface area (Å²) in [7, 11) is 3.82. The normalized spacial score (nSPS) is 10.3. The fourth-order valence-corrected chi connectivity index (χ4v) is 2.11. The lowest BCUT2D eigenvalue weighted by atomic mass is 10.1. The van der Waals surface area contributed by atoms with E-state index < -0.39 is 0 Å². The van der Waals surface area contributed by atoms with Crippen LogP contribution in [0.4, 0.5) is 16.2 Å². The molecule has 0 saturated heterocycles. The quantitative estimate of drug-likeness (QED) is 0.757. The lowest BCUT2D eigenvalue weighted by molar-refractivity contribution is -0.120. The van der Waals surface area contributed by atoms with Gasteiger partial charge in [-0.2, -0.15) is 4.98 Å². The number of nitrogens with one attached hydrogen (secondary N) is 2. The van der Waals surface area contributed by atoms with Crippen LogP contribution in [0.2, 0.25) is 0 Å². The highest BCUT2D eigenvalue weighted by Gasteiger charge is 2.07. The number of aryl methyl sites for hydroxylation is 1. The Hall–Kier alpha value is -2.70. The van der Waals surface area contributed by atoms with Crippen molar-refractivity contribution >= 4 is 17.7 Å². The maximum atomic E-state index is 13.5. The molecule has 2 rings (SSSR count). The molecule has 1 aromatic heterocycles. The first-order valence-corrected chi connectivity index (χ1v) is 7.72. The van der Waals surface area contributed by atoms with Gasteiger partial charge in [0, 0.05) is 38.9 Å². The molecule has 7 heteroatoms. The van der Waals surface area contributed by atoms with E-state index in [0.717, 1.165) is 11.5 Å². The average Bonchev–Trinajstić information content (AvgIpc) is 2.53. The Kier molecular flexibility index (Phi) is 6.06. The number of amides is 1. The van der Waals surface area contributed by atoms with Gasteiger partial charge in [0.15, 0.2) is 0 Å². The van der Waals surface area contributed by atoms with Gasteiger partial charge in [-0.15, -0.1) is 0 Å². The molecule has 128 valence electrons. The Bertz CT molecular complexity index is 705. The zero-order valence-electron chi connectivity index (χ0n) is 14.1. The van der Waals surface area contributed by atoms with Gasteiger partial charge in [0.2, 0.25) is 11.9 Å². The van der Waals surface area contributed by atoms with Gasteiger partial charge in [0.1, 0.15) is 11.6 Å². The molecule has 1 aromatic carbocycles. The zero-order valence-corrected chi connectivity index (χ0v) is 14.1. The second-order valence-electron chi connectivity index (χ2n) is 5.63.